The molecule has 0 spiro atoms. The van der Waals surface area contributed by atoms with Gasteiger partial charge in [-0.1, -0.05) is 24.3 Å². The second kappa shape index (κ2) is 8.98. The van der Waals surface area contributed by atoms with Crippen molar-refractivity contribution in [1.82, 2.24) is 4.90 Å². The number of nitrogens with one attached hydrogen (secondary N) is 1. The largest absolute Gasteiger partial charge is 0.497 e. The molecule has 0 bridgehead atoms. The Hall–Kier alpha value is -4.06. The average molecular weight is 428 g/mol. The Labute approximate surface area is 186 Å². The summed E-state index contributed by atoms with van der Waals surface area (Å²) in [6, 6.07) is 20.6. The highest BCUT2D eigenvalue weighted by molar-refractivity contribution is 6.04. The highest BCUT2D eigenvalue weighted by Gasteiger charge is 2.16. The molecule has 0 saturated carbocycles. The Morgan fingerprint density at radius 1 is 1.00 bits per heavy atom. The molecule has 0 aliphatic heterocycles. The number of nitrogens with zero attached hydrogens (tertiary/aromatic N) is 1. The molecule has 0 fully saturated rings. The summed E-state index contributed by atoms with van der Waals surface area (Å²) in [4.78, 5) is 27.0. The van der Waals surface area contributed by atoms with Gasteiger partial charge in [-0.05, 0) is 71.3 Å². The first-order chi connectivity index (χ1) is 15.4. The molecule has 4 rings (SSSR count). The van der Waals surface area contributed by atoms with Crippen molar-refractivity contribution in [2.24, 2.45) is 0 Å². The van der Waals surface area contributed by atoms with Crippen LogP contribution in [0.5, 0.6) is 5.75 Å². The lowest BCUT2D eigenvalue weighted by Crippen LogP contribution is -2.26. The molecule has 0 saturated heterocycles. The van der Waals surface area contributed by atoms with E-state index in [4.69, 9.17) is 9.15 Å². The van der Waals surface area contributed by atoms with Gasteiger partial charge < -0.3 is 19.4 Å². The highest BCUT2D eigenvalue weighted by atomic mass is 16.5. The van der Waals surface area contributed by atoms with E-state index in [1.54, 1.807) is 43.3 Å². The van der Waals surface area contributed by atoms with E-state index in [1.807, 2.05) is 43.3 Å². The van der Waals surface area contributed by atoms with Crippen molar-refractivity contribution in [3.05, 3.63) is 95.4 Å². The van der Waals surface area contributed by atoms with Crippen molar-refractivity contribution in [2.75, 3.05) is 19.5 Å². The summed E-state index contributed by atoms with van der Waals surface area (Å²) in [7, 11) is 3.41. The normalized spacial score (nSPS) is 10.7. The number of anilines is 1. The van der Waals surface area contributed by atoms with Gasteiger partial charge >= 0.3 is 0 Å². The molecule has 2 amide bonds. The SMILES string of the molecule is COc1ccc2cc(CN(C)C(=O)c3ccc(C)c(NC(=O)c4ccco4)c3)ccc2c1. The molecule has 1 aromatic heterocycles. The smallest absolute Gasteiger partial charge is 0.291 e. The topological polar surface area (TPSA) is 71.8 Å². The third-order valence-electron chi connectivity index (χ3n) is 5.36. The predicted molar refractivity (Wildman–Crippen MR) is 124 cm³/mol. The molecule has 1 N–H and O–H groups in total. The molecule has 0 atom stereocenters. The lowest BCUT2D eigenvalue weighted by molar-refractivity contribution is 0.0784. The second-order valence-corrected chi connectivity index (χ2v) is 7.67. The van der Waals surface area contributed by atoms with E-state index in [2.05, 4.69) is 11.4 Å². The maximum absolute atomic E-state index is 13.1. The number of hydrogen-bond acceptors (Lipinski definition) is 4. The Bertz CT molecular complexity index is 1280. The van der Waals surface area contributed by atoms with Crippen LogP contribution in [-0.2, 0) is 6.54 Å². The van der Waals surface area contributed by atoms with Crippen molar-refractivity contribution in [1.29, 1.82) is 0 Å². The number of carbonyl (C=O) groups excluding carboxylic acids is 2. The molecule has 6 nitrogen and oxygen atoms in total. The maximum Gasteiger partial charge on any atom is 0.291 e. The minimum atomic E-state index is -0.358. The van der Waals surface area contributed by atoms with Gasteiger partial charge in [0, 0.05) is 24.8 Å². The van der Waals surface area contributed by atoms with E-state index in [1.165, 1.54) is 6.26 Å². The quantitative estimate of drug-likeness (QED) is 0.454. The van der Waals surface area contributed by atoms with Gasteiger partial charge in [-0.15, -0.1) is 0 Å². The van der Waals surface area contributed by atoms with Crippen LogP contribution in [-0.4, -0.2) is 30.9 Å². The van der Waals surface area contributed by atoms with Crippen molar-refractivity contribution in [3.63, 3.8) is 0 Å². The van der Waals surface area contributed by atoms with Crippen LogP contribution in [0.3, 0.4) is 0 Å². The molecule has 6 heteroatoms. The number of fused-ring (bicyclic) bond motifs is 1. The number of benzene rings is 3. The van der Waals surface area contributed by atoms with E-state index in [0.29, 0.717) is 17.8 Å². The van der Waals surface area contributed by atoms with E-state index in [0.717, 1.165) is 27.6 Å². The van der Waals surface area contributed by atoms with Crippen LogP contribution >= 0.6 is 0 Å². The van der Waals surface area contributed by atoms with Crippen LogP contribution in [0.25, 0.3) is 10.8 Å². The van der Waals surface area contributed by atoms with E-state index in [9.17, 15) is 9.59 Å². The molecule has 32 heavy (non-hydrogen) atoms. The number of ether oxygens (including phenoxy) is 1. The molecule has 0 aliphatic carbocycles. The minimum Gasteiger partial charge on any atom is -0.497 e. The third kappa shape index (κ3) is 4.49. The van der Waals surface area contributed by atoms with Crippen LogP contribution in [0.1, 0.15) is 32.0 Å². The fourth-order valence-electron chi connectivity index (χ4n) is 3.55. The van der Waals surface area contributed by atoms with Crippen LogP contribution in [0.15, 0.2) is 77.4 Å². The standard InChI is InChI=1S/C26H24N2O4/c1-17-6-8-21(15-23(17)27-25(29)24-5-4-12-32-24)26(30)28(2)16-18-7-9-20-14-22(31-3)11-10-19(20)13-18/h4-15H,16H2,1-3H3,(H,27,29). The van der Waals surface area contributed by atoms with Gasteiger partial charge in [0.2, 0.25) is 0 Å². The molecule has 0 aliphatic rings. The van der Waals surface area contributed by atoms with Crippen molar-refractivity contribution in [2.45, 2.75) is 13.5 Å². The molecule has 4 aromatic rings. The van der Waals surface area contributed by atoms with Gasteiger partial charge in [0.05, 0.1) is 13.4 Å². The summed E-state index contributed by atoms with van der Waals surface area (Å²) in [5.41, 5.74) is 2.95. The van der Waals surface area contributed by atoms with E-state index >= 15 is 0 Å². The lowest BCUT2D eigenvalue weighted by atomic mass is 10.1. The zero-order valence-electron chi connectivity index (χ0n) is 18.2. The van der Waals surface area contributed by atoms with Crippen molar-refractivity contribution in [3.8, 4) is 5.75 Å². The molecule has 0 unspecified atom stereocenters. The van der Waals surface area contributed by atoms with Crippen LogP contribution < -0.4 is 10.1 Å². The minimum absolute atomic E-state index is 0.131. The number of furan rings is 1. The molecular weight excluding hydrogens is 404 g/mol. The Morgan fingerprint density at radius 3 is 2.53 bits per heavy atom. The molecule has 1 heterocycles. The Morgan fingerprint density at radius 2 is 1.78 bits per heavy atom. The van der Waals surface area contributed by atoms with Gasteiger partial charge in [-0.3, -0.25) is 9.59 Å². The number of aryl methyl sites for hydroxylation is 1. The summed E-state index contributed by atoms with van der Waals surface area (Å²) in [5, 5.41) is 4.98. The van der Waals surface area contributed by atoms with E-state index < -0.39 is 0 Å². The summed E-state index contributed by atoms with van der Waals surface area (Å²) >= 11 is 0. The summed E-state index contributed by atoms with van der Waals surface area (Å²) in [6.07, 6.45) is 1.44. The fourth-order valence-corrected chi connectivity index (χ4v) is 3.55. The maximum atomic E-state index is 13.1. The highest BCUT2D eigenvalue weighted by Crippen LogP contribution is 2.23. The van der Waals surface area contributed by atoms with Crippen molar-refractivity contribution >= 4 is 28.3 Å². The summed E-state index contributed by atoms with van der Waals surface area (Å²) in [6.45, 7) is 2.34. The first-order valence-corrected chi connectivity index (χ1v) is 10.2. The predicted octanol–water partition coefficient (Wildman–Crippen LogP) is 5.27. The Kier molecular flexibility index (Phi) is 5.94. The van der Waals surface area contributed by atoms with Crippen LogP contribution in [0.4, 0.5) is 5.69 Å². The van der Waals surface area contributed by atoms with Gasteiger partial charge in [0.25, 0.3) is 11.8 Å². The monoisotopic (exact) mass is 428 g/mol. The fraction of sp³-hybridized carbons (Fsp3) is 0.154. The van der Waals surface area contributed by atoms with Gasteiger partial charge in [-0.2, -0.15) is 0 Å². The molecule has 162 valence electrons. The average Bonchev–Trinajstić information content (AvgIpc) is 3.35. The van der Waals surface area contributed by atoms with Gasteiger partial charge in [0.1, 0.15) is 5.75 Å². The van der Waals surface area contributed by atoms with E-state index in [-0.39, 0.29) is 17.6 Å². The van der Waals surface area contributed by atoms with Crippen molar-refractivity contribution < 1.29 is 18.7 Å². The lowest BCUT2D eigenvalue weighted by Gasteiger charge is -2.19. The Balaban J connectivity index is 1.50. The summed E-state index contributed by atoms with van der Waals surface area (Å²) in [5.74, 6) is 0.538. The zero-order chi connectivity index (χ0) is 22.7. The van der Waals surface area contributed by atoms with Gasteiger partial charge in [0.15, 0.2) is 5.76 Å². The second-order valence-electron chi connectivity index (χ2n) is 7.67. The molecule has 0 radical (unpaired) electrons. The number of hydrogen-bond donors (Lipinski definition) is 1. The molecular formula is C26H24N2O4. The number of carbonyl (C=O) groups is 2. The number of rotatable bonds is 6. The van der Waals surface area contributed by atoms with Crippen LogP contribution in [0.2, 0.25) is 0 Å². The first-order valence-electron chi connectivity index (χ1n) is 10.2. The summed E-state index contributed by atoms with van der Waals surface area (Å²) < 4.78 is 10.4. The van der Waals surface area contributed by atoms with Crippen LogP contribution in [0, 0.1) is 6.92 Å². The third-order valence-corrected chi connectivity index (χ3v) is 5.36. The first kappa shape index (κ1) is 21.2. The van der Waals surface area contributed by atoms with Gasteiger partial charge in [-0.25, -0.2) is 0 Å². The molecule has 3 aromatic carbocycles. The number of methoxy groups -OCH3 is 1. The number of amides is 2. The zero-order valence-corrected chi connectivity index (χ0v) is 18.2.